The summed E-state index contributed by atoms with van der Waals surface area (Å²) in [5, 5.41) is 3.25. The molecule has 7 nitrogen and oxygen atoms in total. The van der Waals surface area contributed by atoms with Crippen LogP contribution in [0.25, 0.3) is 10.2 Å². The first-order valence-corrected chi connectivity index (χ1v) is 13.9. The van der Waals surface area contributed by atoms with Crippen LogP contribution in [0, 0.1) is 13.8 Å². The van der Waals surface area contributed by atoms with Gasteiger partial charge in [-0.25, -0.2) is 8.42 Å². The first-order chi connectivity index (χ1) is 17.0. The molecule has 0 radical (unpaired) electrons. The van der Waals surface area contributed by atoms with Crippen molar-refractivity contribution in [1.82, 2.24) is 4.57 Å². The van der Waals surface area contributed by atoms with Gasteiger partial charge in [-0.2, -0.15) is 0 Å². The van der Waals surface area contributed by atoms with Crippen LogP contribution >= 0.6 is 22.9 Å². The van der Waals surface area contributed by atoms with Gasteiger partial charge < -0.3 is 5.32 Å². The largest absolute Gasteiger partial charge is 0.324 e. The molecule has 0 unspecified atom stereocenters. The zero-order valence-electron chi connectivity index (χ0n) is 20.3. The Morgan fingerprint density at radius 2 is 1.75 bits per heavy atom. The minimum atomic E-state index is -4.05. The van der Waals surface area contributed by atoms with Gasteiger partial charge in [-0.05, 0) is 81.8 Å². The number of fused-ring (bicyclic) bond motifs is 1. The third-order valence-corrected chi connectivity index (χ3v) is 8.66. The Labute approximate surface area is 219 Å². The molecule has 1 amide bonds. The van der Waals surface area contributed by atoms with Crippen molar-refractivity contribution < 1.29 is 13.2 Å². The minimum Gasteiger partial charge on any atom is -0.324 e. The Morgan fingerprint density at radius 3 is 2.39 bits per heavy atom. The summed E-state index contributed by atoms with van der Waals surface area (Å²) in [6.45, 7) is 7.04. The molecule has 0 saturated heterocycles. The van der Waals surface area contributed by atoms with Crippen molar-refractivity contribution in [2.24, 2.45) is 0 Å². The Kier molecular flexibility index (Phi) is 7.26. The summed E-state index contributed by atoms with van der Waals surface area (Å²) in [5.41, 5.74) is 3.17. The second kappa shape index (κ2) is 10.1. The van der Waals surface area contributed by atoms with Crippen LogP contribution in [0.15, 0.2) is 70.4 Å². The number of amides is 1. The van der Waals surface area contributed by atoms with Crippen LogP contribution in [0.1, 0.15) is 31.0 Å². The molecule has 1 aromatic heterocycles. The van der Waals surface area contributed by atoms with Gasteiger partial charge in [0.05, 0.1) is 20.8 Å². The van der Waals surface area contributed by atoms with Crippen molar-refractivity contribution in [2.45, 2.75) is 38.6 Å². The third-order valence-electron chi connectivity index (χ3n) is 5.74. The molecule has 0 spiro atoms. The lowest BCUT2D eigenvalue weighted by Crippen LogP contribution is -2.38. The van der Waals surface area contributed by atoms with Crippen molar-refractivity contribution >= 4 is 60.5 Å². The van der Waals surface area contributed by atoms with Gasteiger partial charge in [0.2, 0.25) is 5.91 Å². The van der Waals surface area contributed by atoms with Gasteiger partial charge in [0.15, 0.2) is 0 Å². The van der Waals surface area contributed by atoms with Gasteiger partial charge in [-0.15, -0.1) is 0 Å². The lowest BCUT2D eigenvalue weighted by atomic mass is 10.2. The Bertz CT molecular complexity index is 1610. The van der Waals surface area contributed by atoms with E-state index in [4.69, 9.17) is 11.6 Å². The van der Waals surface area contributed by atoms with Crippen molar-refractivity contribution in [3.8, 4) is 0 Å². The number of benzene rings is 3. The van der Waals surface area contributed by atoms with Crippen LogP contribution in [0.2, 0.25) is 5.02 Å². The standard InChI is InChI=1S/C26H26ClN3O4S2/c1-16(2)30-23-12-8-20(14-24(23)35-26(30)32)28-25(31)15-29(22-11-7-19(27)13-18(22)4)36(33,34)21-9-5-17(3)6-10-21/h5-14,16H,15H2,1-4H3,(H,28,31). The summed E-state index contributed by atoms with van der Waals surface area (Å²) < 4.78 is 30.8. The third kappa shape index (κ3) is 5.18. The highest BCUT2D eigenvalue weighted by atomic mass is 35.5. The zero-order valence-corrected chi connectivity index (χ0v) is 22.7. The summed E-state index contributed by atoms with van der Waals surface area (Å²) in [5.74, 6) is -0.518. The summed E-state index contributed by atoms with van der Waals surface area (Å²) >= 11 is 7.20. The molecule has 0 bridgehead atoms. The second-order valence-electron chi connectivity index (χ2n) is 8.82. The van der Waals surface area contributed by atoms with Crippen LogP contribution in [-0.2, 0) is 14.8 Å². The molecule has 3 aromatic carbocycles. The number of anilines is 2. The number of hydrogen-bond donors (Lipinski definition) is 1. The van der Waals surface area contributed by atoms with Gasteiger partial charge in [0.1, 0.15) is 6.54 Å². The molecule has 0 aliphatic carbocycles. The molecular formula is C26H26ClN3O4S2. The van der Waals surface area contributed by atoms with Gasteiger partial charge in [-0.1, -0.05) is 40.6 Å². The number of aryl methyl sites for hydroxylation is 2. The second-order valence-corrected chi connectivity index (χ2v) is 12.1. The molecule has 0 aliphatic heterocycles. The smallest absolute Gasteiger partial charge is 0.308 e. The highest BCUT2D eigenvalue weighted by Crippen LogP contribution is 2.29. The van der Waals surface area contributed by atoms with E-state index in [0.29, 0.717) is 22.0 Å². The highest BCUT2D eigenvalue weighted by molar-refractivity contribution is 7.92. The lowest BCUT2D eigenvalue weighted by molar-refractivity contribution is -0.114. The van der Waals surface area contributed by atoms with Gasteiger partial charge in [0, 0.05) is 16.8 Å². The Balaban J connectivity index is 1.67. The van der Waals surface area contributed by atoms with E-state index in [0.717, 1.165) is 31.4 Å². The van der Waals surface area contributed by atoms with E-state index in [1.165, 1.54) is 12.1 Å². The van der Waals surface area contributed by atoms with Crippen LogP contribution in [0.3, 0.4) is 0 Å². The highest BCUT2D eigenvalue weighted by Gasteiger charge is 2.28. The molecule has 1 heterocycles. The summed E-state index contributed by atoms with van der Waals surface area (Å²) in [6, 6.07) is 16.5. The van der Waals surface area contributed by atoms with Crippen molar-refractivity contribution in [1.29, 1.82) is 0 Å². The average molecular weight is 544 g/mol. The SMILES string of the molecule is Cc1ccc(S(=O)(=O)N(CC(=O)Nc2ccc3c(c2)sc(=O)n3C(C)C)c2ccc(Cl)cc2C)cc1. The Hall–Kier alpha value is -3.14. The number of nitrogens with one attached hydrogen (secondary N) is 1. The summed E-state index contributed by atoms with van der Waals surface area (Å²) in [6.07, 6.45) is 0. The van der Waals surface area contributed by atoms with E-state index in [-0.39, 0.29) is 15.8 Å². The van der Waals surface area contributed by atoms with Crippen LogP contribution in [0.4, 0.5) is 11.4 Å². The fraction of sp³-hybridized carbons (Fsp3) is 0.231. The first-order valence-electron chi connectivity index (χ1n) is 11.3. The number of halogens is 1. The van der Waals surface area contributed by atoms with Gasteiger partial charge in [-0.3, -0.25) is 18.5 Å². The quantitative estimate of drug-likeness (QED) is 0.321. The molecule has 0 saturated carbocycles. The van der Waals surface area contributed by atoms with E-state index in [1.54, 1.807) is 60.0 Å². The van der Waals surface area contributed by atoms with E-state index >= 15 is 0 Å². The molecule has 36 heavy (non-hydrogen) atoms. The van der Waals surface area contributed by atoms with Crippen LogP contribution < -0.4 is 14.5 Å². The zero-order chi connectivity index (χ0) is 26.2. The number of thiazole rings is 1. The maximum absolute atomic E-state index is 13.6. The number of hydrogen-bond acceptors (Lipinski definition) is 5. The predicted molar refractivity (Wildman–Crippen MR) is 147 cm³/mol. The normalized spacial score (nSPS) is 11.7. The van der Waals surface area contributed by atoms with Gasteiger partial charge >= 0.3 is 4.87 Å². The number of rotatable bonds is 7. The number of nitrogens with zero attached hydrogens (tertiary/aromatic N) is 2. The Morgan fingerprint density at radius 1 is 1.06 bits per heavy atom. The molecule has 1 N–H and O–H groups in total. The van der Waals surface area contributed by atoms with E-state index in [1.807, 2.05) is 20.8 Å². The summed E-state index contributed by atoms with van der Waals surface area (Å²) in [7, 11) is -4.05. The molecule has 0 aliphatic rings. The monoisotopic (exact) mass is 543 g/mol. The maximum Gasteiger partial charge on any atom is 0.308 e. The van der Waals surface area contributed by atoms with Crippen molar-refractivity contribution in [3.63, 3.8) is 0 Å². The fourth-order valence-electron chi connectivity index (χ4n) is 3.97. The average Bonchev–Trinajstić information content (AvgIpc) is 3.13. The fourth-order valence-corrected chi connectivity index (χ4v) is 6.73. The summed E-state index contributed by atoms with van der Waals surface area (Å²) in [4.78, 5) is 25.5. The van der Waals surface area contributed by atoms with E-state index in [9.17, 15) is 18.0 Å². The lowest BCUT2D eigenvalue weighted by Gasteiger charge is -2.26. The molecule has 188 valence electrons. The number of sulfonamides is 1. The molecule has 4 rings (SSSR count). The molecule has 0 atom stereocenters. The minimum absolute atomic E-state index is 0.00912. The van der Waals surface area contributed by atoms with Crippen molar-refractivity contribution in [2.75, 3.05) is 16.2 Å². The van der Waals surface area contributed by atoms with E-state index in [2.05, 4.69) is 5.32 Å². The molecule has 4 aromatic rings. The van der Waals surface area contributed by atoms with E-state index < -0.39 is 22.5 Å². The molecule has 0 fully saturated rings. The topological polar surface area (TPSA) is 88.5 Å². The number of carbonyl (C=O) groups is 1. The van der Waals surface area contributed by atoms with Crippen molar-refractivity contribution in [3.05, 3.63) is 86.5 Å². The van der Waals surface area contributed by atoms with Gasteiger partial charge in [0.25, 0.3) is 10.0 Å². The first kappa shape index (κ1) is 25.9. The molecular weight excluding hydrogens is 518 g/mol. The number of aromatic nitrogens is 1. The predicted octanol–water partition coefficient (Wildman–Crippen LogP) is 5.75. The van der Waals surface area contributed by atoms with Crippen LogP contribution in [0.5, 0.6) is 0 Å². The maximum atomic E-state index is 13.6. The molecule has 10 heteroatoms. The number of carbonyl (C=O) groups excluding carboxylic acids is 1. The van der Waals surface area contributed by atoms with Crippen LogP contribution in [-0.4, -0.2) is 25.4 Å².